The fourth-order valence-electron chi connectivity index (χ4n) is 2.56. The van der Waals surface area contributed by atoms with Gasteiger partial charge in [0, 0.05) is 7.05 Å². The zero-order valence-electron chi connectivity index (χ0n) is 13.9. The smallest absolute Gasteiger partial charge is 0.248 e. The maximum absolute atomic E-state index is 14.2. The highest BCUT2D eigenvalue weighted by Gasteiger charge is 2.20. The lowest BCUT2D eigenvalue weighted by Gasteiger charge is -2.05. The molecule has 26 heavy (non-hydrogen) atoms. The third-order valence-corrected chi connectivity index (χ3v) is 4.47. The van der Waals surface area contributed by atoms with Crippen molar-refractivity contribution in [2.45, 2.75) is 13.5 Å². The van der Waals surface area contributed by atoms with Gasteiger partial charge in [-0.2, -0.15) is 5.10 Å². The molecule has 8 nitrogen and oxygen atoms in total. The van der Waals surface area contributed by atoms with Crippen LogP contribution < -0.4 is 4.74 Å². The van der Waals surface area contributed by atoms with E-state index in [1.165, 1.54) is 10.6 Å². The number of nitrogens with zero attached hydrogens (tertiary/aromatic N) is 7. The molecule has 0 saturated heterocycles. The third kappa shape index (κ3) is 2.81. The molecule has 10 heteroatoms. The van der Waals surface area contributed by atoms with Crippen LogP contribution >= 0.6 is 15.9 Å². The van der Waals surface area contributed by atoms with Crippen molar-refractivity contribution in [1.29, 1.82) is 0 Å². The topological polar surface area (TPSA) is 83.0 Å². The van der Waals surface area contributed by atoms with Crippen LogP contribution in [0.1, 0.15) is 11.4 Å². The van der Waals surface area contributed by atoms with Gasteiger partial charge in [-0.25, -0.2) is 8.91 Å². The quantitative estimate of drug-likeness (QED) is 0.507. The predicted molar refractivity (Wildman–Crippen MR) is 93.9 cm³/mol. The molecule has 0 unspecified atom stereocenters. The molecule has 0 aliphatic rings. The van der Waals surface area contributed by atoms with Crippen molar-refractivity contribution in [2.24, 2.45) is 7.05 Å². The molecule has 0 aliphatic heterocycles. The molecule has 0 bridgehead atoms. The molecule has 0 spiro atoms. The van der Waals surface area contributed by atoms with E-state index in [1.54, 1.807) is 43.0 Å². The second-order valence-electron chi connectivity index (χ2n) is 5.64. The van der Waals surface area contributed by atoms with Crippen molar-refractivity contribution in [3.05, 3.63) is 52.1 Å². The summed E-state index contributed by atoms with van der Waals surface area (Å²) in [6.07, 6.45) is 1.75. The van der Waals surface area contributed by atoms with E-state index in [0.717, 1.165) is 0 Å². The minimum Gasteiger partial charge on any atom is -0.469 e. The van der Waals surface area contributed by atoms with Gasteiger partial charge in [0.1, 0.15) is 28.1 Å². The fourth-order valence-corrected chi connectivity index (χ4v) is 3.21. The van der Waals surface area contributed by atoms with Crippen LogP contribution in [0.25, 0.3) is 16.9 Å². The van der Waals surface area contributed by atoms with E-state index in [-0.39, 0.29) is 6.61 Å². The Morgan fingerprint density at radius 3 is 2.73 bits per heavy atom. The van der Waals surface area contributed by atoms with E-state index >= 15 is 0 Å². The molecule has 0 amide bonds. The SMILES string of the molecule is Cc1nnc(-c2ccccc2F)n2nc(OCc3cn(C)nn3)c(Br)c12. The van der Waals surface area contributed by atoms with E-state index < -0.39 is 5.82 Å². The summed E-state index contributed by atoms with van der Waals surface area (Å²) < 4.78 is 23.7. The van der Waals surface area contributed by atoms with Crippen LogP contribution in [0.15, 0.2) is 34.9 Å². The summed E-state index contributed by atoms with van der Waals surface area (Å²) in [5, 5.41) is 20.5. The zero-order valence-corrected chi connectivity index (χ0v) is 15.5. The second kappa shape index (κ2) is 6.45. The van der Waals surface area contributed by atoms with Gasteiger partial charge >= 0.3 is 0 Å². The molecule has 0 saturated carbocycles. The van der Waals surface area contributed by atoms with Gasteiger partial charge < -0.3 is 4.74 Å². The molecule has 3 heterocycles. The normalized spacial score (nSPS) is 11.2. The van der Waals surface area contributed by atoms with Gasteiger partial charge in [0.2, 0.25) is 5.88 Å². The first-order valence-corrected chi connectivity index (χ1v) is 8.48. The average molecular weight is 418 g/mol. The van der Waals surface area contributed by atoms with Gasteiger partial charge in [-0.15, -0.1) is 15.3 Å². The second-order valence-corrected chi connectivity index (χ2v) is 6.43. The summed E-state index contributed by atoms with van der Waals surface area (Å²) in [6, 6.07) is 6.35. The Balaban J connectivity index is 1.79. The third-order valence-electron chi connectivity index (χ3n) is 3.76. The van der Waals surface area contributed by atoms with Gasteiger partial charge in [0.15, 0.2) is 5.82 Å². The lowest BCUT2D eigenvalue weighted by Crippen LogP contribution is -2.04. The summed E-state index contributed by atoms with van der Waals surface area (Å²) in [7, 11) is 1.78. The molecule has 1 aromatic carbocycles. The monoisotopic (exact) mass is 417 g/mol. The summed E-state index contributed by atoms with van der Waals surface area (Å²) in [5.41, 5.74) is 2.27. The Bertz CT molecular complexity index is 1110. The molecular formula is C16H13BrFN7O. The van der Waals surface area contributed by atoms with E-state index in [9.17, 15) is 4.39 Å². The van der Waals surface area contributed by atoms with Gasteiger partial charge in [-0.05, 0) is 35.0 Å². The number of aryl methyl sites for hydroxylation is 2. The number of benzene rings is 1. The highest BCUT2D eigenvalue weighted by Crippen LogP contribution is 2.33. The molecule has 132 valence electrons. The number of hydrogen-bond donors (Lipinski definition) is 0. The zero-order chi connectivity index (χ0) is 18.3. The maximum Gasteiger partial charge on any atom is 0.248 e. The van der Waals surface area contributed by atoms with Gasteiger partial charge in [0.25, 0.3) is 0 Å². The van der Waals surface area contributed by atoms with Crippen LogP contribution in [-0.4, -0.2) is 34.8 Å². The number of ether oxygens (including phenoxy) is 1. The molecule has 3 aromatic heterocycles. The number of hydrogen-bond acceptors (Lipinski definition) is 6. The van der Waals surface area contributed by atoms with Crippen LogP contribution in [0.2, 0.25) is 0 Å². The first-order valence-electron chi connectivity index (χ1n) is 7.69. The van der Waals surface area contributed by atoms with Crippen LogP contribution in [0.5, 0.6) is 5.88 Å². The highest BCUT2D eigenvalue weighted by atomic mass is 79.9. The molecule has 0 N–H and O–H groups in total. The van der Waals surface area contributed by atoms with Crippen molar-refractivity contribution in [3.63, 3.8) is 0 Å². The minimum absolute atomic E-state index is 0.200. The van der Waals surface area contributed by atoms with Crippen molar-refractivity contribution >= 4 is 21.4 Å². The summed E-state index contributed by atoms with van der Waals surface area (Å²) in [5.74, 6) is 0.227. The summed E-state index contributed by atoms with van der Waals surface area (Å²) in [6.45, 7) is 2.00. The van der Waals surface area contributed by atoms with Crippen molar-refractivity contribution in [1.82, 2.24) is 34.8 Å². The molecule has 0 fully saturated rings. The Morgan fingerprint density at radius 2 is 2.00 bits per heavy atom. The van der Waals surface area contributed by atoms with E-state index in [1.807, 2.05) is 0 Å². The average Bonchev–Trinajstić information content (AvgIpc) is 3.18. The fraction of sp³-hybridized carbons (Fsp3) is 0.188. The van der Waals surface area contributed by atoms with Crippen LogP contribution in [0.3, 0.4) is 0 Å². The largest absolute Gasteiger partial charge is 0.469 e. The Hall–Kier alpha value is -2.88. The Kier molecular flexibility index (Phi) is 4.11. The molecule has 4 aromatic rings. The van der Waals surface area contributed by atoms with Crippen molar-refractivity contribution < 1.29 is 9.13 Å². The molecule has 0 radical (unpaired) electrons. The van der Waals surface area contributed by atoms with Crippen LogP contribution in [0, 0.1) is 12.7 Å². The Labute approximate surface area is 155 Å². The number of fused-ring (bicyclic) bond motifs is 1. The minimum atomic E-state index is -0.402. The van der Waals surface area contributed by atoms with Gasteiger partial charge in [-0.3, -0.25) is 4.68 Å². The van der Waals surface area contributed by atoms with Crippen molar-refractivity contribution in [2.75, 3.05) is 0 Å². The highest BCUT2D eigenvalue weighted by molar-refractivity contribution is 9.10. The molecule has 0 aliphatic carbocycles. The Morgan fingerprint density at radius 1 is 1.19 bits per heavy atom. The first kappa shape index (κ1) is 16.6. The molecular weight excluding hydrogens is 405 g/mol. The van der Waals surface area contributed by atoms with Crippen molar-refractivity contribution in [3.8, 4) is 17.3 Å². The number of rotatable bonds is 4. The number of aromatic nitrogens is 7. The lowest BCUT2D eigenvalue weighted by atomic mass is 10.2. The van der Waals surface area contributed by atoms with Crippen LogP contribution in [0.4, 0.5) is 4.39 Å². The van der Waals surface area contributed by atoms with E-state index in [4.69, 9.17) is 4.74 Å². The summed E-state index contributed by atoms with van der Waals surface area (Å²) in [4.78, 5) is 0. The lowest BCUT2D eigenvalue weighted by molar-refractivity contribution is 0.286. The predicted octanol–water partition coefficient (Wildman–Crippen LogP) is 2.71. The van der Waals surface area contributed by atoms with Gasteiger partial charge in [0.05, 0.1) is 17.5 Å². The standard InChI is InChI=1S/C16H13BrFN7O/c1-9-14-13(17)16(26-8-10-7-24(2)23-20-10)22-25(14)15(21-19-9)11-5-3-4-6-12(11)18/h3-7H,8H2,1-2H3. The first-order chi connectivity index (χ1) is 12.5. The molecule has 0 atom stereocenters. The van der Waals surface area contributed by atoms with E-state index in [2.05, 4.69) is 41.5 Å². The molecule has 4 rings (SSSR count). The van der Waals surface area contributed by atoms with Crippen LogP contribution in [-0.2, 0) is 13.7 Å². The number of halogens is 2. The van der Waals surface area contributed by atoms with E-state index in [0.29, 0.717) is 38.6 Å². The summed E-state index contributed by atoms with van der Waals surface area (Å²) >= 11 is 3.50. The maximum atomic E-state index is 14.2. The van der Waals surface area contributed by atoms with Gasteiger partial charge in [-0.1, -0.05) is 17.3 Å².